The first kappa shape index (κ1) is 20.4. The lowest BCUT2D eigenvalue weighted by Gasteiger charge is -2.35. The van der Waals surface area contributed by atoms with Crippen LogP contribution in [-0.4, -0.2) is 49.6 Å². The maximum atomic E-state index is 12.5. The first-order valence-corrected chi connectivity index (χ1v) is 11.7. The molecule has 0 saturated heterocycles. The van der Waals surface area contributed by atoms with Crippen LogP contribution in [0.3, 0.4) is 0 Å². The Hall–Kier alpha value is -0.673. The van der Waals surface area contributed by atoms with E-state index in [0.717, 1.165) is 16.5 Å². The molecule has 7 heteroatoms. The molecule has 0 aliphatic rings. The second-order valence-corrected chi connectivity index (χ2v) is 12.5. The van der Waals surface area contributed by atoms with Gasteiger partial charge in [-0.25, -0.2) is 4.98 Å². The SMILES string of the molecule is COc1cc(C(=O)N(C)CCCC(C)(C)[Si](C)(C)O)cnc1I. The molecule has 0 atom stereocenters. The van der Waals surface area contributed by atoms with Crippen LogP contribution in [0, 0.1) is 3.70 Å². The van der Waals surface area contributed by atoms with Crippen molar-refractivity contribution < 1.29 is 14.3 Å². The number of pyridine rings is 1. The monoisotopic (exact) mass is 450 g/mol. The highest BCUT2D eigenvalue weighted by Crippen LogP contribution is 2.39. The predicted octanol–water partition coefficient (Wildman–Crippen LogP) is 3.52. The average molecular weight is 450 g/mol. The van der Waals surface area contributed by atoms with E-state index in [2.05, 4.69) is 41.4 Å². The molecule has 23 heavy (non-hydrogen) atoms. The van der Waals surface area contributed by atoms with Gasteiger partial charge in [-0.3, -0.25) is 4.79 Å². The molecule has 1 heterocycles. The third-order valence-electron chi connectivity index (χ3n) is 4.57. The molecule has 1 amide bonds. The quantitative estimate of drug-likeness (QED) is 0.392. The van der Waals surface area contributed by atoms with E-state index in [1.165, 1.54) is 0 Å². The van der Waals surface area contributed by atoms with E-state index < -0.39 is 8.32 Å². The van der Waals surface area contributed by atoms with Gasteiger partial charge in [0.05, 0.1) is 12.7 Å². The normalized spacial score (nSPS) is 12.2. The van der Waals surface area contributed by atoms with Crippen LogP contribution in [0.1, 0.15) is 37.0 Å². The number of methoxy groups -OCH3 is 1. The second kappa shape index (κ2) is 7.93. The molecule has 0 unspecified atom stereocenters. The van der Waals surface area contributed by atoms with Crippen LogP contribution in [0.4, 0.5) is 0 Å². The summed E-state index contributed by atoms with van der Waals surface area (Å²) in [5, 5.41) is -0.0650. The van der Waals surface area contributed by atoms with Gasteiger partial charge in [0, 0.05) is 19.8 Å². The molecule has 0 saturated carbocycles. The van der Waals surface area contributed by atoms with Crippen molar-refractivity contribution in [2.24, 2.45) is 0 Å². The minimum absolute atomic E-state index is 0.0643. The van der Waals surface area contributed by atoms with Gasteiger partial charge in [0.2, 0.25) is 0 Å². The van der Waals surface area contributed by atoms with Gasteiger partial charge in [0.15, 0.2) is 14.1 Å². The first-order valence-electron chi connectivity index (χ1n) is 7.67. The van der Waals surface area contributed by atoms with Crippen LogP contribution < -0.4 is 4.74 Å². The van der Waals surface area contributed by atoms with Crippen molar-refractivity contribution in [3.8, 4) is 5.75 Å². The molecule has 0 spiro atoms. The van der Waals surface area contributed by atoms with E-state index in [-0.39, 0.29) is 10.9 Å². The molecular formula is C16H27IN2O3Si. The fraction of sp³-hybridized carbons (Fsp3) is 0.625. The molecule has 0 radical (unpaired) electrons. The Morgan fingerprint density at radius 2 is 2.09 bits per heavy atom. The molecule has 5 nitrogen and oxygen atoms in total. The molecule has 1 aromatic rings. The van der Waals surface area contributed by atoms with Crippen molar-refractivity contribution in [1.29, 1.82) is 0 Å². The fourth-order valence-corrected chi connectivity index (χ4v) is 3.38. The van der Waals surface area contributed by atoms with Crippen molar-refractivity contribution in [2.75, 3.05) is 20.7 Å². The zero-order chi connectivity index (χ0) is 17.8. The number of hydrogen-bond acceptors (Lipinski definition) is 4. The van der Waals surface area contributed by atoms with Crippen molar-refractivity contribution in [3.63, 3.8) is 0 Å². The Morgan fingerprint density at radius 1 is 1.48 bits per heavy atom. The Balaban J connectivity index is 2.65. The van der Waals surface area contributed by atoms with Crippen LogP contribution in [0.15, 0.2) is 12.3 Å². The van der Waals surface area contributed by atoms with Gasteiger partial charge < -0.3 is 14.4 Å². The summed E-state index contributed by atoms with van der Waals surface area (Å²) >= 11 is 2.08. The molecule has 0 bridgehead atoms. The van der Waals surface area contributed by atoms with Gasteiger partial charge in [0.25, 0.3) is 5.91 Å². The summed E-state index contributed by atoms with van der Waals surface area (Å²) in [6.45, 7) is 8.79. The second-order valence-electron chi connectivity index (χ2n) is 6.99. The van der Waals surface area contributed by atoms with Crippen LogP contribution >= 0.6 is 22.6 Å². The molecular weight excluding hydrogens is 423 g/mol. The lowest BCUT2D eigenvalue weighted by Crippen LogP contribution is -2.39. The summed E-state index contributed by atoms with van der Waals surface area (Å²) in [6.07, 6.45) is 3.34. The summed E-state index contributed by atoms with van der Waals surface area (Å²) in [7, 11) is 1.16. The van der Waals surface area contributed by atoms with Gasteiger partial charge in [-0.15, -0.1) is 0 Å². The first-order chi connectivity index (χ1) is 10.5. The number of ether oxygens (including phenoxy) is 1. The standard InChI is InChI=1S/C16H27IN2O3Si/c1-16(2,23(5,6)21)8-7-9-19(3)15(20)12-10-13(22-4)14(17)18-11-12/h10-11,21H,7-9H2,1-6H3. The number of nitrogens with zero attached hydrogens (tertiary/aromatic N) is 2. The highest BCUT2D eigenvalue weighted by atomic mass is 127. The van der Waals surface area contributed by atoms with Gasteiger partial charge in [-0.2, -0.15) is 0 Å². The lowest BCUT2D eigenvalue weighted by molar-refractivity contribution is 0.0790. The van der Waals surface area contributed by atoms with E-state index in [4.69, 9.17) is 4.74 Å². The van der Waals surface area contributed by atoms with E-state index in [0.29, 0.717) is 17.9 Å². The number of hydrogen-bond donors (Lipinski definition) is 1. The minimum Gasteiger partial charge on any atom is -0.494 e. The highest BCUT2D eigenvalue weighted by Gasteiger charge is 2.37. The number of halogens is 1. The number of carbonyl (C=O) groups excluding carboxylic acids is 1. The number of rotatable bonds is 7. The predicted molar refractivity (Wildman–Crippen MR) is 103 cm³/mol. The molecule has 130 valence electrons. The van der Waals surface area contributed by atoms with Crippen LogP contribution in [0.25, 0.3) is 0 Å². The zero-order valence-corrected chi connectivity index (χ0v) is 18.0. The maximum Gasteiger partial charge on any atom is 0.255 e. The van der Waals surface area contributed by atoms with E-state index >= 15 is 0 Å². The Labute approximate surface area is 153 Å². The summed E-state index contributed by atoms with van der Waals surface area (Å²) in [5.74, 6) is 0.546. The third kappa shape index (κ3) is 5.42. The largest absolute Gasteiger partial charge is 0.494 e. The van der Waals surface area contributed by atoms with E-state index in [9.17, 15) is 9.59 Å². The van der Waals surface area contributed by atoms with Gasteiger partial charge in [0.1, 0.15) is 3.70 Å². The van der Waals surface area contributed by atoms with Crippen LogP contribution in [0.5, 0.6) is 5.75 Å². The van der Waals surface area contributed by atoms with Gasteiger partial charge >= 0.3 is 0 Å². The Kier molecular flexibility index (Phi) is 7.03. The number of carbonyl (C=O) groups is 1. The van der Waals surface area contributed by atoms with E-state index in [1.54, 1.807) is 31.3 Å². The highest BCUT2D eigenvalue weighted by molar-refractivity contribution is 14.1. The molecule has 0 aliphatic carbocycles. The zero-order valence-electron chi connectivity index (χ0n) is 14.8. The Morgan fingerprint density at radius 3 is 2.61 bits per heavy atom. The fourth-order valence-electron chi connectivity index (χ4n) is 2.07. The summed E-state index contributed by atoms with van der Waals surface area (Å²) in [6, 6.07) is 1.72. The Bertz CT molecular complexity index is 559. The topological polar surface area (TPSA) is 62.7 Å². The van der Waals surface area contributed by atoms with Crippen molar-refractivity contribution in [1.82, 2.24) is 9.88 Å². The van der Waals surface area contributed by atoms with Gasteiger partial charge in [-0.05, 0) is 59.6 Å². The summed E-state index contributed by atoms with van der Waals surface area (Å²) in [4.78, 5) is 28.7. The van der Waals surface area contributed by atoms with Crippen molar-refractivity contribution in [2.45, 2.75) is 44.8 Å². The molecule has 1 aromatic heterocycles. The van der Waals surface area contributed by atoms with Crippen molar-refractivity contribution >= 4 is 36.8 Å². The summed E-state index contributed by atoms with van der Waals surface area (Å²) in [5.41, 5.74) is 0.529. The van der Waals surface area contributed by atoms with Gasteiger partial charge in [-0.1, -0.05) is 13.8 Å². The average Bonchev–Trinajstić information content (AvgIpc) is 2.45. The molecule has 0 fully saturated rings. The summed E-state index contributed by atoms with van der Waals surface area (Å²) < 4.78 is 5.95. The molecule has 0 aromatic carbocycles. The molecule has 1 rings (SSSR count). The third-order valence-corrected chi connectivity index (χ3v) is 8.94. The van der Waals surface area contributed by atoms with Crippen LogP contribution in [0.2, 0.25) is 18.1 Å². The van der Waals surface area contributed by atoms with Crippen molar-refractivity contribution in [3.05, 3.63) is 21.5 Å². The maximum absolute atomic E-state index is 12.5. The minimum atomic E-state index is -2.20. The smallest absolute Gasteiger partial charge is 0.255 e. The molecule has 0 aliphatic heterocycles. The number of aromatic nitrogens is 1. The van der Waals surface area contributed by atoms with Crippen LogP contribution in [-0.2, 0) is 0 Å². The number of amides is 1. The van der Waals surface area contributed by atoms with E-state index in [1.807, 2.05) is 13.1 Å². The lowest BCUT2D eigenvalue weighted by atomic mass is 10.1. The molecule has 1 N–H and O–H groups in total.